The molecule has 88 valence electrons. The number of carbonyl (C=O) groups excluding carboxylic acids is 1. The minimum Gasteiger partial charge on any atom is -0.330 e. The van der Waals surface area contributed by atoms with Crippen LogP contribution < -0.4 is 5.73 Å². The van der Waals surface area contributed by atoms with Crippen LogP contribution in [-0.4, -0.2) is 12.3 Å². The summed E-state index contributed by atoms with van der Waals surface area (Å²) in [6.07, 6.45) is 0.290. The molecule has 0 radical (unpaired) electrons. The second-order valence-electron chi connectivity index (χ2n) is 4.05. The average molecular weight is 244 g/mol. The van der Waals surface area contributed by atoms with E-state index in [1.54, 1.807) is 6.92 Å². The molecule has 0 amide bonds. The Bertz CT molecular complexity index is 406. The lowest BCUT2D eigenvalue weighted by Gasteiger charge is -2.09. The monoisotopic (exact) mass is 243 g/mol. The fourth-order valence-corrected chi connectivity index (χ4v) is 1.69. The molecule has 0 saturated heterocycles. The van der Waals surface area contributed by atoms with Gasteiger partial charge in [-0.1, -0.05) is 18.5 Å². The van der Waals surface area contributed by atoms with E-state index < -0.39 is 5.82 Å². The van der Waals surface area contributed by atoms with Crippen molar-refractivity contribution in [2.45, 2.75) is 20.3 Å². The summed E-state index contributed by atoms with van der Waals surface area (Å²) in [5.41, 5.74) is 6.11. The maximum atomic E-state index is 13.3. The Hall–Kier alpha value is -0.930. The van der Waals surface area contributed by atoms with Gasteiger partial charge in [0.25, 0.3) is 0 Å². The molecule has 1 aromatic carbocycles. The quantitative estimate of drug-likeness (QED) is 0.827. The third kappa shape index (κ3) is 3.03. The number of halogens is 2. The highest BCUT2D eigenvalue weighted by molar-refractivity contribution is 6.34. The molecule has 0 saturated carbocycles. The summed E-state index contributed by atoms with van der Waals surface area (Å²) < 4.78 is 13.3. The Morgan fingerprint density at radius 1 is 1.56 bits per heavy atom. The molecule has 0 spiro atoms. The molecule has 0 bridgehead atoms. The SMILES string of the molecule is Cc1cc(Cl)c(C(=O)CC(C)CN)cc1F. The molecule has 1 rings (SSSR count). The van der Waals surface area contributed by atoms with Crippen LogP contribution in [0.4, 0.5) is 4.39 Å². The van der Waals surface area contributed by atoms with Crippen molar-refractivity contribution in [1.82, 2.24) is 0 Å². The van der Waals surface area contributed by atoms with E-state index in [1.165, 1.54) is 12.1 Å². The van der Waals surface area contributed by atoms with Gasteiger partial charge in [-0.2, -0.15) is 0 Å². The molecule has 0 aliphatic rings. The maximum absolute atomic E-state index is 13.3. The first-order chi connectivity index (χ1) is 7.45. The Labute approximate surface area is 99.6 Å². The largest absolute Gasteiger partial charge is 0.330 e. The Kier molecular flexibility index (Phi) is 4.44. The van der Waals surface area contributed by atoms with Crippen LogP contribution in [0.15, 0.2) is 12.1 Å². The average Bonchev–Trinajstić information content (AvgIpc) is 2.23. The van der Waals surface area contributed by atoms with Crippen LogP contribution in [0.2, 0.25) is 5.02 Å². The van der Waals surface area contributed by atoms with Crippen LogP contribution in [0.1, 0.15) is 29.3 Å². The first-order valence-corrected chi connectivity index (χ1v) is 5.52. The van der Waals surface area contributed by atoms with Crippen molar-refractivity contribution in [3.05, 3.63) is 34.1 Å². The third-order valence-corrected chi connectivity index (χ3v) is 2.80. The second-order valence-corrected chi connectivity index (χ2v) is 4.46. The highest BCUT2D eigenvalue weighted by Crippen LogP contribution is 2.22. The molecule has 2 N–H and O–H groups in total. The van der Waals surface area contributed by atoms with Gasteiger partial charge < -0.3 is 5.73 Å². The number of benzene rings is 1. The number of hydrogen-bond donors (Lipinski definition) is 1. The predicted octanol–water partition coefficient (Wildman–Crippen LogP) is 2.96. The summed E-state index contributed by atoms with van der Waals surface area (Å²) in [5.74, 6) is -0.497. The number of ketones is 1. The van der Waals surface area contributed by atoms with Crippen LogP contribution >= 0.6 is 11.6 Å². The van der Waals surface area contributed by atoms with Gasteiger partial charge in [-0.15, -0.1) is 0 Å². The molecule has 4 heteroatoms. The van der Waals surface area contributed by atoms with E-state index in [2.05, 4.69) is 0 Å². The van der Waals surface area contributed by atoms with Gasteiger partial charge >= 0.3 is 0 Å². The number of hydrogen-bond acceptors (Lipinski definition) is 2. The number of nitrogens with two attached hydrogens (primary N) is 1. The fourth-order valence-electron chi connectivity index (χ4n) is 1.37. The van der Waals surface area contributed by atoms with Gasteiger partial charge in [0.2, 0.25) is 0 Å². The zero-order valence-electron chi connectivity index (χ0n) is 9.39. The summed E-state index contributed by atoms with van der Waals surface area (Å²) in [7, 11) is 0. The van der Waals surface area contributed by atoms with E-state index >= 15 is 0 Å². The zero-order chi connectivity index (χ0) is 12.3. The van der Waals surface area contributed by atoms with Crippen molar-refractivity contribution < 1.29 is 9.18 Å². The molecule has 1 aromatic rings. The molecule has 1 unspecified atom stereocenters. The van der Waals surface area contributed by atoms with Gasteiger partial charge in [0.15, 0.2) is 5.78 Å². The highest BCUT2D eigenvalue weighted by Gasteiger charge is 2.15. The summed E-state index contributed by atoms with van der Waals surface area (Å²) >= 11 is 5.90. The summed E-state index contributed by atoms with van der Waals surface area (Å²) in [4.78, 5) is 11.8. The number of Topliss-reactive ketones (excluding diaryl/α,β-unsaturated/α-hetero) is 1. The summed E-state index contributed by atoms with van der Waals surface area (Å²) in [6.45, 7) is 3.91. The molecule has 0 aliphatic heterocycles. The molecular weight excluding hydrogens is 229 g/mol. The molecule has 1 atom stereocenters. The maximum Gasteiger partial charge on any atom is 0.164 e. The molecule has 16 heavy (non-hydrogen) atoms. The molecular formula is C12H15ClFNO. The number of carbonyl (C=O) groups is 1. The second kappa shape index (κ2) is 5.41. The van der Waals surface area contributed by atoms with Crippen LogP contribution in [0.25, 0.3) is 0 Å². The zero-order valence-corrected chi connectivity index (χ0v) is 10.1. The molecule has 0 aliphatic carbocycles. The van der Waals surface area contributed by atoms with E-state index in [0.717, 1.165) is 0 Å². The van der Waals surface area contributed by atoms with Gasteiger partial charge in [-0.25, -0.2) is 4.39 Å². The fraction of sp³-hybridized carbons (Fsp3) is 0.417. The van der Waals surface area contributed by atoms with E-state index in [4.69, 9.17) is 17.3 Å². The number of aryl methyl sites for hydroxylation is 1. The van der Waals surface area contributed by atoms with Gasteiger partial charge in [0, 0.05) is 12.0 Å². The molecule has 0 aromatic heterocycles. The van der Waals surface area contributed by atoms with E-state index in [9.17, 15) is 9.18 Å². The van der Waals surface area contributed by atoms with E-state index in [-0.39, 0.29) is 17.3 Å². The van der Waals surface area contributed by atoms with Crippen molar-refractivity contribution in [2.24, 2.45) is 11.7 Å². The Morgan fingerprint density at radius 3 is 2.75 bits per heavy atom. The lowest BCUT2D eigenvalue weighted by atomic mass is 9.99. The van der Waals surface area contributed by atoms with Crippen molar-refractivity contribution in [2.75, 3.05) is 6.54 Å². The highest BCUT2D eigenvalue weighted by atomic mass is 35.5. The van der Waals surface area contributed by atoms with Crippen LogP contribution in [0.5, 0.6) is 0 Å². The lowest BCUT2D eigenvalue weighted by molar-refractivity contribution is 0.0965. The predicted molar refractivity (Wildman–Crippen MR) is 63.3 cm³/mol. The minimum absolute atomic E-state index is 0.0768. The van der Waals surface area contributed by atoms with Crippen molar-refractivity contribution in [1.29, 1.82) is 0 Å². The van der Waals surface area contributed by atoms with Crippen molar-refractivity contribution in [3.63, 3.8) is 0 Å². The smallest absolute Gasteiger partial charge is 0.164 e. The van der Waals surface area contributed by atoms with Crippen LogP contribution in [0.3, 0.4) is 0 Å². The normalized spacial score (nSPS) is 12.6. The summed E-state index contributed by atoms with van der Waals surface area (Å²) in [5, 5.41) is 0.299. The summed E-state index contributed by atoms with van der Waals surface area (Å²) in [6, 6.07) is 2.67. The first kappa shape index (κ1) is 13.1. The van der Waals surface area contributed by atoms with Crippen LogP contribution in [-0.2, 0) is 0 Å². The number of rotatable bonds is 4. The Balaban J connectivity index is 2.96. The lowest BCUT2D eigenvalue weighted by Crippen LogP contribution is -2.15. The van der Waals surface area contributed by atoms with Crippen molar-refractivity contribution >= 4 is 17.4 Å². The third-order valence-electron chi connectivity index (χ3n) is 2.48. The molecule has 2 nitrogen and oxygen atoms in total. The Morgan fingerprint density at radius 2 is 2.19 bits per heavy atom. The topological polar surface area (TPSA) is 43.1 Å². The van der Waals surface area contributed by atoms with Crippen LogP contribution in [0, 0.1) is 18.7 Å². The van der Waals surface area contributed by atoms with E-state index in [1.807, 2.05) is 6.92 Å². The standard InChI is InChI=1S/C12H15ClFNO/c1-7(6-15)3-12(16)9-5-11(14)8(2)4-10(9)13/h4-5,7H,3,6,15H2,1-2H3. The molecule has 0 fully saturated rings. The van der Waals surface area contributed by atoms with Crippen molar-refractivity contribution in [3.8, 4) is 0 Å². The van der Waals surface area contributed by atoms with E-state index in [0.29, 0.717) is 23.6 Å². The van der Waals surface area contributed by atoms with Gasteiger partial charge in [-0.05, 0) is 37.1 Å². The van der Waals surface area contributed by atoms with Gasteiger partial charge in [0.1, 0.15) is 5.82 Å². The molecule has 0 heterocycles. The first-order valence-electron chi connectivity index (χ1n) is 5.14. The van der Waals surface area contributed by atoms with Gasteiger partial charge in [0.05, 0.1) is 5.02 Å². The van der Waals surface area contributed by atoms with Gasteiger partial charge in [-0.3, -0.25) is 4.79 Å². The minimum atomic E-state index is -0.409.